The molecule has 11 nitrogen and oxygen atoms in total. The number of aliphatic carboxylic acids is 2. The summed E-state index contributed by atoms with van der Waals surface area (Å²) in [5, 5.41) is 29.2. The van der Waals surface area contributed by atoms with E-state index < -0.39 is 17.8 Å². The van der Waals surface area contributed by atoms with Crippen LogP contribution in [0.2, 0.25) is 0 Å². The van der Waals surface area contributed by atoms with E-state index in [-0.39, 0.29) is 42.7 Å². The number of aromatic nitrogens is 1. The molecule has 12 heteroatoms. The van der Waals surface area contributed by atoms with Gasteiger partial charge >= 0.3 is 11.9 Å². The molecule has 0 aliphatic carbocycles. The van der Waals surface area contributed by atoms with Crippen LogP contribution < -0.4 is 21.4 Å². The standard InChI is InChI=1S/C33H43N5O6S/c1-6-23-19(5)26(37-33(23)38-44-33)13-24-16(2)20(7-9-30(39)40)27(34-24)15-28-21(8-10-31(41)42)17(3)25(35-28)14-29-22(11-12-45)18(4)32(43)36-29/h6,14-15,18,22,24,26,34-35,37-38,45H,1,7-13H2,2-5H3,(H,36,43)(H,39,40)(H,41,42)/b27-15-,29-14+/t18-,22-,24?,26-,33-/m1/s1. The van der Waals surface area contributed by atoms with E-state index >= 15 is 0 Å². The number of rotatable bonds is 13. The third-order valence-electron chi connectivity index (χ3n) is 9.68. The molecule has 7 N–H and O–H groups in total. The largest absolute Gasteiger partial charge is 0.481 e. The zero-order chi connectivity index (χ0) is 32.6. The summed E-state index contributed by atoms with van der Waals surface area (Å²) in [4.78, 5) is 44.7. The SMILES string of the molecule is C=CC1=C(C)[C@@H](CC2N/C(=C\c3[nH]c(/C=C4/NC(=O)[C@H](C)[C@H]4CCS)c(C)c3CCC(=O)O)C(CCC(=O)O)=C2C)N[C@@]12NO2. The van der Waals surface area contributed by atoms with Crippen LogP contribution in [0.5, 0.6) is 0 Å². The van der Waals surface area contributed by atoms with E-state index in [0.29, 0.717) is 25.0 Å². The average Bonchev–Trinajstić information content (AvgIpc) is 3.41. The second-order valence-electron chi connectivity index (χ2n) is 12.4. The number of hydrogen-bond donors (Lipinski definition) is 8. The number of allylic oxidation sites excluding steroid dienone is 2. The summed E-state index contributed by atoms with van der Waals surface area (Å²) >= 11 is 4.39. The summed E-state index contributed by atoms with van der Waals surface area (Å²) in [6.07, 6.45) is 7.79. The molecule has 4 aliphatic rings. The molecule has 45 heavy (non-hydrogen) atoms. The van der Waals surface area contributed by atoms with Gasteiger partial charge in [-0.3, -0.25) is 24.5 Å². The van der Waals surface area contributed by atoms with Crippen molar-refractivity contribution in [2.24, 2.45) is 11.8 Å². The van der Waals surface area contributed by atoms with Crippen LogP contribution in [0.3, 0.4) is 0 Å². The van der Waals surface area contributed by atoms with Gasteiger partial charge in [0.25, 0.3) is 0 Å². The fourth-order valence-electron chi connectivity index (χ4n) is 6.92. The molecule has 5 heterocycles. The molecule has 0 aromatic carbocycles. The Labute approximate surface area is 268 Å². The fourth-order valence-corrected chi connectivity index (χ4v) is 7.19. The average molecular weight is 638 g/mol. The van der Waals surface area contributed by atoms with E-state index in [0.717, 1.165) is 62.6 Å². The summed E-state index contributed by atoms with van der Waals surface area (Å²) < 4.78 is 0. The van der Waals surface area contributed by atoms with Crippen molar-refractivity contribution in [3.05, 3.63) is 68.9 Å². The Bertz CT molecular complexity index is 1550. The Morgan fingerprint density at radius 3 is 2.33 bits per heavy atom. The highest BCUT2D eigenvalue weighted by atomic mass is 32.1. The van der Waals surface area contributed by atoms with Gasteiger partial charge in [0.05, 0.1) is 0 Å². The first-order valence-corrected chi connectivity index (χ1v) is 16.0. The van der Waals surface area contributed by atoms with Crippen LogP contribution in [-0.2, 0) is 25.6 Å². The maximum absolute atomic E-state index is 12.5. The van der Waals surface area contributed by atoms with Crippen molar-refractivity contribution in [2.45, 2.75) is 84.2 Å². The van der Waals surface area contributed by atoms with Gasteiger partial charge in [0, 0.05) is 65.1 Å². The molecule has 2 fully saturated rings. The third kappa shape index (κ3) is 6.55. The lowest BCUT2D eigenvalue weighted by Crippen LogP contribution is -2.41. The number of carboxylic acids is 2. The van der Waals surface area contributed by atoms with Crippen molar-refractivity contribution in [1.29, 1.82) is 0 Å². The van der Waals surface area contributed by atoms with E-state index in [1.807, 2.05) is 32.9 Å². The van der Waals surface area contributed by atoms with Crippen molar-refractivity contribution in [1.82, 2.24) is 26.4 Å². The molecule has 1 unspecified atom stereocenters. The van der Waals surface area contributed by atoms with Crippen LogP contribution in [0, 0.1) is 18.8 Å². The summed E-state index contributed by atoms with van der Waals surface area (Å²) in [7, 11) is 0. The first kappa shape index (κ1) is 32.8. The number of carbonyl (C=O) groups excluding carboxylic acids is 1. The number of carboxylic acid groups (broad SMARTS) is 2. The molecule has 1 aromatic rings. The van der Waals surface area contributed by atoms with Gasteiger partial charge in [-0.2, -0.15) is 12.6 Å². The Kier molecular flexibility index (Phi) is 9.50. The van der Waals surface area contributed by atoms with Gasteiger partial charge in [-0.25, -0.2) is 0 Å². The first-order valence-electron chi connectivity index (χ1n) is 15.4. The smallest absolute Gasteiger partial charge is 0.303 e. The van der Waals surface area contributed by atoms with E-state index in [4.69, 9.17) is 4.84 Å². The Hall–Kier alpha value is -3.58. The van der Waals surface area contributed by atoms with Gasteiger partial charge in [0.1, 0.15) is 0 Å². The molecule has 0 radical (unpaired) electrons. The Balaban J connectivity index is 1.50. The van der Waals surface area contributed by atoms with E-state index in [1.54, 1.807) is 6.08 Å². The third-order valence-corrected chi connectivity index (χ3v) is 9.94. The van der Waals surface area contributed by atoms with E-state index in [9.17, 15) is 24.6 Å². The lowest BCUT2D eigenvalue weighted by molar-refractivity contribution is -0.138. The topological polar surface area (TPSA) is 178 Å². The molecule has 4 aliphatic heterocycles. The van der Waals surface area contributed by atoms with Crippen LogP contribution in [0.25, 0.3) is 12.2 Å². The van der Waals surface area contributed by atoms with Gasteiger partial charge in [-0.15, -0.1) is 5.48 Å². The minimum Gasteiger partial charge on any atom is -0.481 e. The van der Waals surface area contributed by atoms with Crippen molar-refractivity contribution in [3.8, 4) is 0 Å². The molecule has 0 saturated carbocycles. The highest BCUT2D eigenvalue weighted by molar-refractivity contribution is 7.80. The van der Waals surface area contributed by atoms with Crippen LogP contribution in [-0.4, -0.2) is 56.7 Å². The number of hydrogen-bond acceptors (Lipinski definition) is 8. The van der Waals surface area contributed by atoms with Crippen LogP contribution in [0.15, 0.2) is 46.3 Å². The minimum absolute atomic E-state index is 0.00632. The maximum atomic E-state index is 12.5. The number of carbonyl (C=O) groups is 3. The maximum Gasteiger partial charge on any atom is 0.303 e. The summed E-state index contributed by atoms with van der Waals surface area (Å²) in [6.45, 7) is 11.9. The zero-order valence-electron chi connectivity index (χ0n) is 26.2. The quantitative estimate of drug-likeness (QED) is 0.118. The lowest BCUT2D eigenvalue weighted by atomic mass is 9.91. The monoisotopic (exact) mass is 637 g/mol. The number of H-pyrrole nitrogens is 1. The van der Waals surface area contributed by atoms with Gasteiger partial charge in [-0.1, -0.05) is 19.6 Å². The molecule has 5 rings (SSSR count). The van der Waals surface area contributed by atoms with Gasteiger partial charge < -0.3 is 25.8 Å². The van der Waals surface area contributed by atoms with E-state index in [2.05, 4.69) is 52.5 Å². The van der Waals surface area contributed by atoms with Crippen molar-refractivity contribution in [2.75, 3.05) is 5.75 Å². The molecular formula is C33H43N5O6S. The van der Waals surface area contributed by atoms with Crippen molar-refractivity contribution < 1.29 is 29.4 Å². The molecule has 1 amide bonds. The summed E-state index contributed by atoms with van der Waals surface area (Å²) in [5.74, 6) is -1.97. The van der Waals surface area contributed by atoms with Gasteiger partial charge in [0.2, 0.25) is 11.8 Å². The number of hydroxylamine groups is 1. The van der Waals surface area contributed by atoms with Gasteiger partial charge in [-0.05, 0) is 92.2 Å². The van der Waals surface area contributed by atoms with Crippen LogP contribution in [0.4, 0.5) is 0 Å². The second kappa shape index (κ2) is 13.0. The second-order valence-corrected chi connectivity index (χ2v) is 12.8. The number of amides is 1. The normalized spacial score (nSPS) is 29.3. The number of thiol groups is 1. The number of aromatic amines is 1. The molecule has 242 valence electrons. The molecule has 5 atom stereocenters. The lowest BCUT2D eigenvalue weighted by Gasteiger charge is -2.20. The molecule has 1 aromatic heterocycles. The van der Waals surface area contributed by atoms with E-state index in [1.165, 1.54) is 0 Å². The van der Waals surface area contributed by atoms with Crippen LogP contribution >= 0.6 is 12.6 Å². The minimum atomic E-state index is -0.893. The Morgan fingerprint density at radius 1 is 1.04 bits per heavy atom. The zero-order valence-corrected chi connectivity index (χ0v) is 27.1. The molecule has 2 saturated heterocycles. The van der Waals surface area contributed by atoms with Crippen molar-refractivity contribution >= 4 is 42.6 Å². The summed E-state index contributed by atoms with van der Waals surface area (Å²) in [5.41, 5.74) is 12.0. The highest BCUT2D eigenvalue weighted by Crippen LogP contribution is 2.40. The van der Waals surface area contributed by atoms with Crippen LogP contribution in [0.1, 0.15) is 75.4 Å². The first-order chi connectivity index (χ1) is 21.4. The predicted octanol–water partition coefficient (Wildman–Crippen LogP) is 3.93. The highest BCUT2D eigenvalue weighted by Gasteiger charge is 2.55. The fraction of sp³-hybridized carbons (Fsp3) is 0.485. The Morgan fingerprint density at radius 2 is 1.73 bits per heavy atom. The molecule has 0 bridgehead atoms. The van der Waals surface area contributed by atoms with Crippen molar-refractivity contribution in [3.63, 3.8) is 0 Å². The van der Waals surface area contributed by atoms with Gasteiger partial charge in [0.15, 0.2) is 0 Å². The summed E-state index contributed by atoms with van der Waals surface area (Å²) in [6, 6.07) is -0.0587. The predicted molar refractivity (Wildman–Crippen MR) is 175 cm³/mol. The molecule has 1 spiro atoms. The number of nitrogens with one attached hydrogen (secondary N) is 5. The molecular weight excluding hydrogens is 594 g/mol.